The van der Waals surface area contributed by atoms with E-state index in [-0.39, 0.29) is 29.6 Å². The maximum atomic E-state index is 10.7. The third-order valence-corrected chi connectivity index (χ3v) is 4.12. The van der Waals surface area contributed by atoms with Crippen molar-refractivity contribution in [1.29, 1.82) is 0 Å². The van der Waals surface area contributed by atoms with Crippen LogP contribution in [0.25, 0.3) is 0 Å². The van der Waals surface area contributed by atoms with Crippen LogP contribution in [-0.4, -0.2) is 38.7 Å². The molecular weight excluding hydrogens is 491 g/mol. The van der Waals surface area contributed by atoms with Crippen LogP contribution in [0.4, 0.5) is 0 Å². The van der Waals surface area contributed by atoms with Crippen LogP contribution in [0.1, 0.15) is 44.9 Å². The maximum absolute atomic E-state index is 10.7. The van der Waals surface area contributed by atoms with Gasteiger partial charge in [0.25, 0.3) is 0 Å². The van der Waals surface area contributed by atoms with Gasteiger partial charge in [-0.15, -0.1) is 6.42 Å². The second-order valence-electron chi connectivity index (χ2n) is 5.96. The first-order valence-electron chi connectivity index (χ1n) is 9.63. The number of hydrogen-bond acceptors (Lipinski definition) is 7. The summed E-state index contributed by atoms with van der Waals surface area (Å²) in [6.45, 7) is -1.02. The van der Waals surface area contributed by atoms with Crippen molar-refractivity contribution < 1.29 is 63.9 Å². The normalized spacial score (nSPS) is 11.3. The molecule has 0 bridgehead atoms. The van der Waals surface area contributed by atoms with Crippen LogP contribution in [0.2, 0.25) is 0 Å². The smallest absolute Gasteiger partial charge is 0.726 e. The molecule has 0 aliphatic carbocycles. The van der Waals surface area contributed by atoms with Gasteiger partial charge in [-0.1, -0.05) is 41.8 Å². The van der Waals surface area contributed by atoms with E-state index in [0.717, 1.165) is 25.7 Å². The molecule has 8 nitrogen and oxygen atoms in total. The SMILES string of the molecule is C#C/C=C\CCCC/C=C\C#CC#CCCCC#CC#C[C@H](COS(=O)(=O)[O-])OS(=O)(=O)O.[Na+]. The van der Waals surface area contributed by atoms with Gasteiger partial charge in [-0.25, -0.2) is 12.6 Å². The molecule has 0 aromatic rings. The summed E-state index contributed by atoms with van der Waals surface area (Å²) in [5, 5.41) is 0. The number of allylic oxidation sites excluding steroid dienone is 4. The molecule has 0 radical (unpaired) electrons. The Balaban J connectivity index is 0. The first-order valence-corrected chi connectivity index (χ1v) is 12.3. The molecule has 11 heteroatoms. The minimum atomic E-state index is -5.08. The van der Waals surface area contributed by atoms with Crippen LogP contribution in [0.3, 0.4) is 0 Å². The van der Waals surface area contributed by atoms with Gasteiger partial charge >= 0.3 is 40.0 Å². The van der Waals surface area contributed by atoms with Crippen molar-refractivity contribution in [1.82, 2.24) is 0 Å². The van der Waals surface area contributed by atoms with Gasteiger partial charge in [0.15, 0.2) is 6.10 Å². The fraction of sp³-hybridized carbons (Fsp3) is 0.391. The number of hydrogen-bond donors (Lipinski definition) is 1. The molecule has 0 spiro atoms. The zero-order valence-corrected chi connectivity index (χ0v) is 22.4. The first kappa shape index (κ1) is 34.2. The molecule has 0 aromatic carbocycles. The average Bonchev–Trinajstić information content (AvgIpc) is 2.72. The molecule has 176 valence electrons. The molecule has 0 rings (SSSR count). The van der Waals surface area contributed by atoms with Crippen molar-refractivity contribution in [3.8, 4) is 59.7 Å². The topological polar surface area (TPSA) is 130 Å². The van der Waals surface area contributed by atoms with E-state index in [1.165, 1.54) is 0 Å². The van der Waals surface area contributed by atoms with Gasteiger partial charge in [0.1, 0.15) is 6.61 Å². The van der Waals surface area contributed by atoms with Crippen LogP contribution in [-0.2, 0) is 29.2 Å². The monoisotopic (exact) mass is 514 g/mol. The van der Waals surface area contributed by atoms with Crippen molar-refractivity contribution in [3.63, 3.8) is 0 Å². The maximum Gasteiger partial charge on any atom is 1.00 e. The molecular formula is C23H23NaO8S2. The van der Waals surface area contributed by atoms with Gasteiger partial charge in [0.05, 0.1) is 0 Å². The van der Waals surface area contributed by atoms with E-state index in [2.05, 4.69) is 61.7 Å². The van der Waals surface area contributed by atoms with Crippen LogP contribution >= 0.6 is 0 Å². The van der Waals surface area contributed by atoms with Crippen molar-refractivity contribution in [2.24, 2.45) is 0 Å². The molecule has 0 saturated carbocycles. The summed E-state index contributed by atoms with van der Waals surface area (Å²) in [4.78, 5) is 0. The Hall–Kier alpha value is -1.98. The first-order chi connectivity index (χ1) is 15.6. The third-order valence-electron chi connectivity index (χ3n) is 3.22. The van der Waals surface area contributed by atoms with Crippen LogP contribution in [0.15, 0.2) is 24.3 Å². The zero-order valence-electron chi connectivity index (χ0n) is 18.7. The Labute approximate surface area is 225 Å². The second kappa shape index (κ2) is 21.5. The molecule has 0 aromatic heterocycles. The van der Waals surface area contributed by atoms with Gasteiger partial charge in [0, 0.05) is 12.8 Å². The molecule has 0 aliphatic heterocycles. The average molecular weight is 515 g/mol. The minimum Gasteiger partial charge on any atom is -0.726 e. The molecule has 0 fully saturated rings. The van der Waals surface area contributed by atoms with E-state index in [1.54, 1.807) is 12.2 Å². The van der Waals surface area contributed by atoms with E-state index >= 15 is 0 Å². The predicted octanol–water partition coefficient (Wildman–Crippen LogP) is -0.855. The summed E-state index contributed by atoms with van der Waals surface area (Å²) < 4.78 is 69.1. The van der Waals surface area contributed by atoms with Gasteiger partial charge in [0.2, 0.25) is 10.4 Å². The Morgan fingerprint density at radius 3 is 2.06 bits per heavy atom. The van der Waals surface area contributed by atoms with Crippen LogP contribution < -0.4 is 29.6 Å². The van der Waals surface area contributed by atoms with Crippen molar-refractivity contribution in [2.75, 3.05) is 6.61 Å². The van der Waals surface area contributed by atoms with E-state index in [0.29, 0.717) is 19.3 Å². The van der Waals surface area contributed by atoms with Crippen molar-refractivity contribution in [3.05, 3.63) is 24.3 Å². The van der Waals surface area contributed by atoms with E-state index in [1.807, 2.05) is 12.2 Å². The van der Waals surface area contributed by atoms with Crippen LogP contribution in [0, 0.1) is 59.7 Å². The van der Waals surface area contributed by atoms with Gasteiger partial charge in [-0.2, -0.15) is 8.42 Å². The third kappa shape index (κ3) is 28.1. The Morgan fingerprint density at radius 2 is 1.50 bits per heavy atom. The minimum absolute atomic E-state index is 0. The van der Waals surface area contributed by atoms with Gasteiger partial charge in [-0.3, -0.25) is 8.74 Å². The Bertz CT molecular complexity index is 1160. The van der Waals surface area contributed by atoms with Crippen molar-refractivity contribution in [2.45, 2.75) is 51.0 Å². The summed E-state index contributed by atoms with van der Waals surface area (Å²) in [5.41, 5.74) is 0. The largest absolute Gasteiger partial charge is 1.00 e. The van der Waals surface area contributed by atoms with E-state index < -0.39 is 33.5 Å². The molecule has 0 amide bonds. The molecule has 1 atom stereocenters. The Morgan fingerprint density at radius 1 is 0.912 bits per heavy atom. The summed E-state index contributed by atoms with van der Waals surface area (Å²) in [6, 6.07) is 0. The molecule has 0 saturated heterocycles. The molecule has 1 N–H and O–H groups in total. The van der Waals surface area contributed by atoms with Gasteiger partial charge < -0.3 is 4.55 Å². The predicted molar refractivity (Wildman–Crippen MR) is 123 cm³/mol. The van der Waals surface area contributed by atoms with Crippen LogP contribution in [0.5, 0.6) is 0 Å². The van der Waals surface area contributed by atoms with E-state index in [4.69, 9.17) is 11.0 Å². The summed E-state index contributed by atoms with van der Waals surface area (Å²) in [7, 11) is -10.0. The molecule has 0 heterocycles. The van der Waals surface area contributed by atoms with E-state index in [9.17, 15) is 21.4 Å². The summed E-state index contributed by atoms with van der Waals surface area (Å²) in [6.07, 6.45) is 16.5. The Kier molecular flexibility index (Phi) is 21.7. The van der Waals surface area contributed by atoms with Crippen molar-refractivity contribution >= 4 is 20.8 Å². The number of rotatable bonds is 12. The molecule has 0 unspecified atom stereocenters. The quantitative estimate of drug-likeness (QED) is 0.117. The number of unbranched alkanes of at least 4 members (excludes halogenated alkanes) is 5. The summed E-state index contributed by atoms with van der Waals surface area (Å²) >= 11 is 0. The zero-order chi connectivity index (χ0) is 24.8. The molecule has 0 aliphatic rings. The van der Waals surface area contributed by atoms with Gasteiger partial charge in [-0.05, 0) is 67.9 Å². The second-order valence-corrected chi connectivity index (χ2v) is 8.06. The molecule has 34 heavy (non-hydrogen) atoms. The summed E-state index contributed by atoms with van der Waals surface area (Å²) in [5.74, 6) is 23.0. The standard InChI is InChI=1S/C23H24O8S2.Na/c1-2-3-4-5-6-7-8-9-10-11-12-13-14-15-16-17-18-19-20-21-23(31-33(27,28)29)22-30-32(24,25)26;/h1,3-4,9-10,23H,5-8,15-17,22H2,(H,24,25,26)(H,27,28,29);/q;+1/p-1/b4-3-,10-9-;/t23-;/m1./s1. The number of terminal acetylenes is 1. The fourth-order valence-electron chi connectivity index (χ4n) is 1.88. The fourth-order valence-corrected chi connectivity index (χ4v) is 2.56.